The molecule has 3 heteroatoms. The van der Waals surface area contributed by atoms with Crippen LogP contribution in [0.5, 0.6) is 0 Å². The molecule has 0 aliphatic carbocycles. The van der Waals surface area contributed by atoms with E-state index in [0.29, 0.717) is 5.92 Å². The van der Waals surface area contributed by atoms with E-state index in [9.17, 15) is 0 Å². The van der Waals surface area contributed by atoms with Crippen LogP contribution in [0.4, 0.5) is 0 Å². The van der Waals surface area contributed by atoms with Gasteiger partial charge in [0.25, 0.3) is 0 Å². The van der Waals surface area contributed by atoms with Crippen molar-refractivity contribution < 1.29 is 9.47 Å². The van der Waals surface area contributed by atoms with Gasteiger partial charge in [-0.2, -0.15) is 0 Å². The summed E-state index contributed by atoms with van der Waals surface area (Å²) in [7, 11) is 0. The molecular formula is C9H17BrO2. The Labute approximate surface area is 82.7 Å². The standard InChI is InChI=1S/C9H17BrO2/c1-7-4-11-5-8(7)12-9(2,3)6-10/h7-8H,4-6H2,1-3H3. The van der Waals surface area contributed by atoms with Gasteiger partial charge in [0.2, 0.25) is 0 Å². The summed E-state index contributed by atoms with van der Waals surface area (Å²) in [6.45, 7) is 7.93. The van der Waals surface area contributed by atoms with Crippen LogP contribution in [-0.2, 0) is 9.47 Å². The molecule has 0 saturated carbocycles. The summed E-state index contributed by atoms with van der Waals surface area (Å²) in [5, 5.41) is 0.864. The highest BCUT2D eigenvalue weighted by atomic mass is 79.9. The van der Waals surface area contributed by atoms with Gasteiger partial charge in [-0.05, 0) is 13.8 Å². The van der Waals surface area contributed by atoms with Crippen LogP contribution in [0.1, 0.15) is 20.8 Å². The minimum Gasteiger partial charge on any atom is -0.378 e. The minimum atomic E-state index is -0.0768. The fraction of sp³-hybridized carbons (Fsp3) is 1.00. The lowest BCUT2D eigenvalue weighted by Crippen LogP contribution is -2.35. The topological polar surface area (TPSA) is 18.5 Å². The Kier molecular flexibility index (Phi) is 3.56. The summed E-state index contributed by atoms with van der Waals surface area (Å²) in [5.74, 6) is 0.531. The van der Waals surface area contributed by atoms with Crippen molar-refractivity contribution in [1.82, 2.24) is 0 Å². The Hall–Kier alpha value is 0.400. The van der Waals surface area contributed by atoms with Crippen molar-refractivity contribution in [3.8, 4) is 0 Å². The summed E-state index contributed by atoms with van der Waals surface area (Å²) in [5.41, 5.74) is -0.0768. The number of rotatable bonds is 3. The number of hydrogen-bond acceptors (Lipinski definition) is 2. The van der Waals surface area contributed by atoms with E-state index >= 15 is 0 Å². The van der Waals surface area contributed by atoms with E-state index in [1.54, 1.807) is 0 Å². The van der Waals surface area contributed by atoms with Crippen molar-refractivity contribution in [3.05, 3.63) is 0 Å². The summed E-state index contributed by atoms with van der Waals surface area (Å²) in [6.07, 6.45) is 0.276. The van der Waals surface area contributed by atoms with Gasteiger partial charge in [0.1, 0.15) is 0 Å². The smallest absolute Gasteiger partial charge is 0.0863 e. The molecule has 0 aromatic rings. The molecule has 1 heterocycles. The lowest BCUT2D eigenvalue weighted by Gasteiger charge is -2.28. The van der Waals surface area contributed by atoms with E-state index in [4.69, 9.17) is 9.47 Å². The van der Waals surface area contributed by atoms with E-state index in [0.717, 1.165) is 18.5 Å². The van der Waals surface area contributed by atoms with Gasteiger partial charge in [-0.1, -0.05) is 22.9 Å². The fourth-order valence-electron chi connectivity index (χ4n) is 1.23. The summed E-state index contributed by atoms with van der Waals surface area (Å²) >= 11 is 3.43. The van der Waals surface area contributed by atoms with Gasteiger partial charge in [-0.25, -0.2) is 0 Å². The van der Waals surface area contributed by atoms with Crippen LogP contribution in [0, 0.1) is 5.92 Å². The molecular weight excluding hydrogens is 220 g/mol. The largest absolute Gasteiger partial charge is 0.378 e. The fourth-order valence-corrected chi connectivity index (χ4v) is 1.37. The highest BCUT2D eigenvalue weighted by Crippen LogP contribution is 2.23. The molecule has 0 amide bonds. The van der Waals surface area contributed by atoms with Crippen molar-refractivity contribution >= 4 is 15.9 Å². The molecule has 0 bridgehead atoms. The summed E-state index contributed by atoms with van der Waals surface area (Å²) < 4.78 is 11.2. The second-order valence-corrected chi connectivity index (χ2v) is 4.63. The predicted molar refractivity (Wildman–Crippen MR) is 52.7 cm³/mol. The lowest BCUT2D eigenvalue weighted by molar-refractivity contribution is -0.0687. The third-order valence-corrected chi connectivity index (χ3v) is 3.44. The summed E-state index contributed by atoms with van der Waals surface area (Å²) in [4.78, 5) is 0. The Morgan fingerprint density at radius 1 is 1.50 bits per heavy atom. The first kappa shape index (κ1) is 10.5. The van der Waals surface area contributed by atoms with Crippen molar-refractivity contribution in [2.24, 2.45) is 5.92 Å². The van der Waals surface area contributed by atoms with Gasteiger partial charge in [-0.3, -0.25) is 0 Å². The monoisotopic (exact) mass is 236 g/mol. The highest BCUT2D eigenvalue weighted by Gasteiger charge is 2.30. The van der Waals surface area contributed by atoms with Gasteiger partial charge in [0.05, 0.1) is 24.9 Å². The number of hydrogen-bond donors (Lipinski definition) is 0. The second-order valence-electron chi connectivity index (χ2n) is 4.06. The third-order valence-electron chi connectivity index (χ3n) is 2.09. The Bertz CT molecular complexity index is 147. The molecule has 1 rings (SSSR count). The normalized spacial score (nSPS) is 31.0. The average molecular weight is 237 g/mol. The van der Waals surface area contributed by atoms with Crippen LogP contribution in [0.3, 0.4) is 0 Å². The quantitative estimate of drug-likeness (QED) is 0.700. The second kappa shape index (κ2) is 4.07. The molecule has 2 atom stereocenters. The maximum absolute atomic E-state index is 5.89. The van der Waals surface area contributed by atoms with Gasteiger partial charge in [-0.15, -0.1) is 0 Å². The van der Waals surface area contributed by atoms with Gasteiger partial charge in [0.15, 0.2) is 0 Å². The first-order valence-electron chi connectivity index (χ1n) is 4.37. The zero-order valence-corrected chi connectivity index (χ0v) is 9.56. The van der Waals surface area contributed by atoms with E-state index in [2.05, 4.69) is 36.7 Å². The Balaban J connectivity index is 2.39. The van der Waals surface area contributed by atoms with Crippen molar-refractivity contribution in [2.45, 2.75) is 32.5 Å². The Morgan fingerprint density at radius 2 is 2.17 bits per heavy atom. The molecule has 2 unspecified atom stereocenters. The number of ether oxygens (including phenoxy) is 2. The van der Waals surface area contributed by atoms with Crippen molar-refractivity contribution in [1.29, 1.82) is 0 Å². The molecule has 12 heavy (non-hydrogen) atoms. The molecule has 0 N–H and O–H groups in total. The summed E-state index contributed by atoms with van der Waals surface area (Å²) in [6, 6.07) is 0. The van der Waals surface area contributed by atoms with Crippen LogP contribution >= 0.6 is 15.9 Å². The highest BCUT2D eigenvalue weighted by molar-refractivity contribution is 9.09. The molecule has 1 fully saturated rings. The molecule has 2 nitrogen and oxygen atoms in total. The minimum absolute atomic E-state index is 0.0768. The maximum Gasteiger partial charge on any atom is 0.0863 e. The molecule has 1 aliphatic rings. The Morgan fingerprint density at radius 3 is 2.58 bits per heavy atom. The molecule has 0 spiro atoms. The number of alkyl halides is 1. The predicted octanol–water partition coefficient (Wildman–Crippen LogP) is 2.21. The average Bonchev–Trinajstić information content (AvgIpc) is 2.36. The zero-order valence-electron chi connectivity index (χ0n) is 7.97. The molecule has 1 aliphatic heterocycles. The molecule has 0 aromatic heterocycles. The maximum atomic E-state index is 5.89. The molecule has 0 radical (unpaired) electrons. The first-order chi connectivity index (χ1) is 5.55. The SMILES string of the molecule is CC1COCC1OC(C)(C)CBr. The van der Waals surface area contributed by atoms with Crippen LogP contribution in [0.2, 0.25) is 0 Å². The van der Waals surface area contributed by atoms with Gasteiger partial charge in [0, 0.05) is 11.2 Å². The van der Waals surface area contributed by atoms with E-state index in [1.165, 1.54) is 0 Å². The van der Waals surface area contributed by atoms with Crippen LogP contribution in [0.15, 0.2) is 0 Å². The van der Waals surface area contributed by atoms with Crippen molar-refractivity contribution in [3.63, 3.8) is 0 Å². The van der Waals surface area contributed by atoms with Gasteiger partial charge >= 0.3 is 0 Å². The first-order valence-corrected chi connectivity index (χ1v) is 5.49. The van der Waals surface area contributed by atoms with Crippen LogP contribution in [-0.4, -0.2) is 30.2 Å². The third kappa shape index (κ3) is 2.71. The van der Waals surface area contributed by atoms with Crippen LogP contribution < -0.4 is 0 Å². The van der Waals surface area contributed by atoms with Crippen molar-refractivity contribution in [2.75, 3.05) is 18.5 Å². The lowest BCUT2D eigenvalue weighted by atomic mass is 10.1. The van der Waals surface area contributed by atoms with Crippen LogP contribution in [0.25, 0.3) is 0 Å². The van der Waals surface area contributed by atoms with E-state index < -0.39 is 0 Å². The van der Waals surface area contributed by atoms with E-state index in [1.807, 2.05) is 0 Å². The van der Waals surface area contributed by atoms with E-state index in [-0.39, 0.29) is 11.7 Å². The van der Waals surface area contributed by atoms with Gasteiger partial charge < -0.3 is 9.47 Å². The number of halogens is 1. The molecule has 0 aromatic carbocycles. The molecule has 72 valence electrons. The zero-order chi connectivity index (χ0) is 9.19. The molecule has 1 saturated heterocycles.